The van der Waals surface area contributed by atoms with Crippen molar-refractivity contribution in [2.45, 2.75) is 31.7 Å². The van der Waals surface area contributed by atoms with Crippen LogP contribution in [-0.4, -0.2) is 35.4 Å². The molecule has 0 radical (unpaired) electrons. The molecular weight excluding hydrogens is 390 g/mol. The van der Waals surface area contributed by atoms with Gasteiger partial charge in [0, 0.05) is 18.1 Å². The molecule has 0 heterocycles. The lowest BCUT2D eigenvalue weighted by molar-refractivity contribution is -0.384. The van der Waals surface area contributed by atoms with Gasteiger partial charge >= 0.3 is 5.97 Å². The Kier molecular flexibility index (Phi) is 8.04. The Morgan fingerprint density at radius 2 is 1.73 bits per heavy atom. The molecule has 0 unspecified atom stereocenters. The summed E-state index contributed by atoms with van der Waals surface area (Å²) in [5.74, 6) is -2.70. The van der Waals surface area contributed by atoms with Gasteiger partial charge in [-0.3, -0.25) is 24.5 Å². The van der Waals surface area contributed by atoms with Crippen LogP contribution in [0.5, 0.6) is 0 Å². The number of benzene rings is 2. The normalized spacial score (nSPS) is 12.4. The number of non-ortho nitro benzene ring substituents is 1. The van der Waals surface area contributed by atoms with Gasteiger partial charge in [0.1, 0.15) is 6.04 Å². The summed E-state index contributed by atoms with van der Waals surface area (Å²) in [6.45, 7) is 1.79. The molecule has 0 bridgehead atoms. The van der Waals surface area contributed by atoms with Gasteiger partial charge in [0.25, 0.3) is 5.69 Å². The van der Waals surface area contributed by atoms with Crippen LogP contribution in [0, 0.1) is 10.1 Å². The van der Waals surface area contributed by atoms with Crippen molar-refractivity contribution in [1.82, 2.24) is 5.32 Å². The highest BCUT2D eigenvalue weighted by Gasteiger charge is 2.32. The van der Waals surface area contributed by atoms with Crippen LogP contribution < -0.4 is 11.1 Å². The van der Waals surface area contributed by atoms with Crippen molar-refractivity contribution < 1.29 is 24.0 Å². The number of carbonyl (C=O) groups excluding carboxylic acids is 3. The van der Waals surface area contributed by atoms with E-state index < -0.39 is 34.7 Å². The van der Waals surface area contributed by atoms with Gasteiger partial charge in [-0.15, -0.1) is 0 Å². The minimum atomic E-state index is -1.20. The van der Waals surface area contributed by atoms with Crippen molar-refractivity contribution in [1.29, 1.82) is 0 Å². The number of ether oxygens (including phenoxy) is 1. The molecule has 0 aliphatic rings. The van der Waals surface area contributed by atoms with Gasteiger partial charge in [0.15, 0.2) is 0 Å². The van der Waals surface area contributed by atoms with Crippen molar-refractivity contribution in [3.8, 4) is 0 Å². The number of amides is 2. The highest BCUT2D eigenvalue weighted by Crippen LogP contribution is 2.26. The van der Waals surface area contributed by atoms with Gasteiger partial charge in [-0.25, -0.2) is 0 Å². The molecule has 0 saturated heterocycles. The van der Waals surface area contributed by atoms with Gasteiger partial charge in [-0.1, -0.05) is 42.5 Å². The summed E-state index contributed by atoms with van der Waals surface area (Å²) < 4.78 is 4.97. The summed E-state index contributed by atoms with van der Waals surface area (Å²) >= 11 is 0. The second-order valence-electron chi connectivity index (χ2n) is 6.57. The summed E-state index contributed by atoms with van der Waals surface area (Å²) in [4.78, 5) is 47.1. The highest BCUT2D eigenvalue weighted by molar-refractivity contribution is 5.89. The molecule has 2 atom stereocenters. The second kappa shape index (κ2) is 10.7. The van der Waals surface area contributed by atoms with Gasteiger partial charge in [-0.05, 0) is 18.1 Å². The van der Waals surface area contributed by atoms with Crippen molar-refractivity contribution in [2.75, 3.05) is 6.61 Å². The van der Waals surface area contributed by atoms with E-state index in [-0.39, 0.29) is 25.1 Å². The first kappa shape index (κ1) is 22.5. The number of nitrogens with one attached hydrogen (secondary N) is 1. The number of hydrogen-bond donors (Lipinski definition) is 2. The number of hydrogen-bond acceptors (Lipinski definition) is 6. The summed E-state index contributed by atoms with van der Waals surface area (Å²) in [6.07, 6.45) is -0.206. The van der Waals surface area contributed by atoms with Crippen LogP contribution in [0.15, 0.2) is 54.6 Å². The zero-order chi connectivity index (χ0) is 22.1. The molecule has 0 saturated carbocycles. The molecule has 0 spiro atoms. The third-order valence-electron chi connectivity index (χ3n) is 4.46. The quantitative estimate of drug-likeness (QED) is 0.346. The summed E-state index contributed by atoms with van der Waals surface area (Å²) in [7, 11) is 0. The lowest BCUT2D eigenvalue weighted by Crippen LogP contribution is -2.49. The molecule has 9 heteroatoms. The number of rotatable bonds is 10. The van der Waals surface area contributed by atoms with E-state index >= 15 is 0 Å². The van der Waals surface area contributed by atoms with Crippen molar-refractivity contribution >= 4 is 23.5 Å². The molecule has 2 aromatic rings. The first-order valence-corrected chi connectivity index (χ1v) is 9.34. The maximum Gasteiger partial charge on any atom is 0.306 e. The Hall–Kier alpha value is -3.75. The Balaban J connectivity index is 2.28. The molecule has 3 N–H and O–H groups in total. The monoisotopic (exact) mass is 413 g/mol. The molecule has 9 nitrogen and oxygen atoms in total. The lowest BCUT2D eigenvalue weighted by Gasteiger charge is -2.25. The standard InChI is InChI=1S/C21H23N3O6/c1-2-30-19(26)13-17(15-8-10-16(11-9-15)24(28)29)20(21(22)27)23-18(25)12-14-6-4-3-5-7-14/h3-11,17,20H,2,12-13H2,1H3,(H2,22,27)(H,23,25)/t17-,20-/m1/s1. The minimum absolute atomic E-state index is 0.0248. The Morgan fingerprint density at radius 1 is 1.10 bits per heavy atom. The summed E-state index contributed by atoms with van der Waals surface area (Å²) in [5, 5.41) is 13.5. The molecule has 2 rings (SSSR count). The van der Waals surface area contributed by atoms with Crippen molar-refractivity contribution in [3.63, 3.8) is 0 Å². The van der Waals surface area contributed by atoms with Crippen molar-refractivity contribution in [2.24, 2.45) is 5.73 Å². The molecule has 0 aromatic heterocycles. The van der Waals surface area contributed by atoms with E-state index in [1.807, 2.05) is 6.07 Å². The fourth-order valence-corrected chi connectivity index (χ4v) is 3.05. The first-order chi connectivity index (χ1) is 14.3. The Labute approximate surface area is 173 Å². The lowest BCUT2D eigenvalue weighted by atomic mass is 9.87. The van der Waals surface area contributed by atoms with E-state index in [1.165, 1.54) is 24.3 Å². The maximum absolute atomic E-state index is 12.5. The van der Waals surface area contributed by atoms with E-state index in [9.17, 15) is 24.5 Å². The molecule has 0 aliphatic heterocycles. The number of nitro benzene ring substituents is 1. The third-order valence-corrected chi connectivity index (χ3v) is 4.46. The van der Waals surface area contributed by atoms with Gasteiger partial charge in [-0.2, -0.15) is 0 Å². The van der Waals surface area contributed by atoms with Crippen LogP contribution in [-0.2, 0) is 25.5 Å². The van der Waals surface area contributed by atoms with E-state index in [1.54, 1.807) is 31.2 Å². The molecular formula is C21H23N3O6. The average Bonchev–Trinajstić information content (AvgIpc) is 2.71. The van der Waals surface area contributed by atoms with Crippen molar-refractivity contribution in [3.05, 3.63) is 75.8 Å². The minimum Gasteiger partial charge on any atom is -0.466 e. The number of esters is 1. The zero-order valence-electron chi connectivity index (χ0n) is 16.4. The van der Waals surface area contributed by atoms with Crippen LogP contribution in [0.2, 0.25) is 0 Å². The largest absolute Gasteiger partial charge is 0.466 e. The van der Waals surface area contributed by atoms with E-state index in [0.29, 0.717) is 5.56 Å². The van der Waals surface area contributed by atoms with Crippen LogP contribution in [0.1, 0.15) is 30.4 Å². The van der Waals surface area contributed by atoms with Crippen LogP contribution in [0.4, 0.5) is 5.69 Å². The fraction of sp³-hybridized carbons (Fsp3) is 0.286. The predicted molar refractivity (Wildman–Crippen MR) is 108 cm³/mol. The van der Waals surface area contributed by atoms with Gasteiger partial charge in [0.2, 0.25) is 11.8 Å². The topological polar surface area (TPSA) is 142 Å². The molecule has 2 aromatic carbocycles. The van der Waals surface area contributed by atoms with E-state index in [2.05, 4.69) is 5.32 Å². The molecule has 0 fully saturated rings. The predicted octanol–water partition coefficient (Wildman–Crippen LogP) is 1.84. The van der Waals surface area contributed by atoms with Crippen LogP contribution in [0.3, 0.4) is 0 Å². The van der Waals surface area contributed by atoms with Crippen LogP contribution >= 0.6 is 0 Å². The molecule has 30 heavy (non-hydrogen) atoms. The first-order valence-electron chi connectivity index (χ1n) is 9.34. The Bertz CT molecular complexity index is 899. The van der Waals surface area contributed by atoms with E-state index in [4.69, 9.17) is 10.5 Å². The number of carbonyl (C=O) groups is 3. The average molecular weight is 413 g/mol. The van der Waals surface area contributed by atoms with Gasteiger partial charge in [0.05, 0.1) is 24.4 Å². The van der Waals surface area contributed by atoms with Gasteiger partial charge < -0.3 is 15.8 Å². The number of nitro groups is 1. The fourth-order valence-electron chi connectivity index (χ4n) is 3.05. The SMILES string of the molecule is CCOC(=O)C[C@H](c1ccc([N+](=O)[O-])cc1)[C@@H](NC(=O)Cc1ccccc1)C(N)=O. The molecule has 158 valence electrons. The Morgan fingerprint density at radius 3 is 2.27 bits per heavy atom. The molecule has 0 aliphatic carbocycles. The van der Waals surface area contributed by atoms with E-state index in [0.717, 1.165) is 5.56 Å². The number of primary amides is 1. The maximum atomic E-state index is 12.5. The second-order valence-corrected chi connectivity index (χ2v) is 6.57. The summed E-state index contributed by atoms with van der Waals surface area (Å²) in [5.41, 5.74) is 6.58. The number of nitrogens with two attached hydrogens (primary N) is 1. The van der Waals surface area contributed by atoms with Crippen LogP contribution in [0.25, 0.3) is 0 Å². The smallest absolute Gasteiger partial charge is 0.306 e. The highest BCUT2D eigenvalue weighted by atomic mass is 16.6. The molecule has 2 amide bonds. The summed E-state index contributed by atoms with van der Waals surface area (Å²) in [6, 6.07) is 13.1. The third kappa shape index (κ3) is 6.40. The zero-order valence-corrected chi connectivity index (χ0v) is 16.4. The number of nitrogens with zero attached hydrogens (tertiary/aromatic N) is 1.